The van der Waals surface area contributed by atoms with Gasteiger partial charge in [-0.25, -0.2) is 0 Å². The number of aliphatic hydroxyl groups excluding tert-OH is 1. The summed E-state index contributed by atoms with van der Waals surface area (Å²) in [6, 6.07) is 7.78. The second-order valence-electron chi connectivity index (χ2n) is 5.65. The van der Waals surface area contributed by atoms with Crippen LogP contribution in [0.25, 0.3) is 0 Å². The van der Waals surface area contributed by atoms with E-state index in [1.165, 1.54) is 0 Å². The van der Waals surface area contributed by atoms with E-state index in [1.807, 2.05) is 38.1 Å². The van der Waals surface area contributed by atoms with Crippen LogP contribution in [0.2, 0.25) is 0 Å². The predicted octanol–water partition coefficient (Wildman–Crippen LogP) is 1.65. The minimum absolute atomic E-state index is 0.0420. The zero-order valence-corrected chi connectivity index (χ0v) is 11.8. The molecule has 1 saturated heterocycles. The molecule has 3 atom stereocenters. The normalized spacial score (nSPS) is 31.3. The van der Waals surface area contributed by atoms with E-state index < -0.39 is 5.60 Å². The number of methoxy groups -OCH3 is 1. The van der Waals surface area contributed by atoms with Crippen molar-refractivity contribution in [1.29, 1.82) is 0 Å². The first-order valence-corrected chi connectivity index (χ1v) is 6.72. The number of ether oxygens (including phenoxy) is 1. The first-order valence-electron chi connectivity index (χ1n) is 6.72. The van der Waals surface area contributed by atoms with Gasteiger partial charge >= 0.3 is 0 Å². The molecule has 19 heavy (non-hydrogen) atoms. The van der Waals surface area contributed by atoms with Crippen LogP contribution in [0.1, 0.15) is 20.3 Å². The molecule has 106 valence electrons. The summed E-state index contributed by atoms with van der Waals surface area (Å²) >= 11 is 0. The van der Waals surface area contributed by atoms with Gasteiger partial charge in [-0.1, -0.05) is 6.92 Å². The molecule has 0 bridgehead atoms. The maximum absolute atomic E-state index is 10.3. The molecule has 0 unspecified atom stereocenters. The van der Waals surface area contributed by atoms with E-state index >= 15 is 0 Å². The van der Waals surface area contributed by atoms with E-state index in [1.54, 1.807) is 7.11 Å². The summed E-state index contributed by atoms with van der Waals surface area (Å²) in [5.41, 5.74) is 0.346. The van der Waals surface area contributed by atoms with E-state index in [9.17, 15) is 10.2 Å². The third-order valence-corrected chi connectivity index (χ3v) is 4.24. The van der Waals surface area contributed by atoms with Crippen molar-refractivity contribution < 1.29 is 14.9 Å². The summed E-state index contributed by atoms with van der Waals surface area (Å²) in [4.78, 5) is 2.17. The van der Waals surface area contributed by atoms with E-state index in [4.69, 9.17) is 4.74 Å². The Balaban J connectivity index is 2.21. The molecule has 1 aromatic carbocycles. The van der Waals surface area contributed by atoms with Crippen molar-refractivity contribution >= 4 is 5.69 Å². The van der Waals surface area contributed by atoms with Gasteiger partial charge in [0.05, 0.1) is 25.4 Å². The first-order chi connectivity index (χ1) is 8.97. The Hall–Kier alpha value is -1.26. The van der Waals surface area contributed by atoms with Gasteiger partial charge in [0.2, 0.25) is 0 Å². The van der Waals surface area contributed by atoms with Gasteiger partial charge in [-0.15, -0.1) is 0 Å². The highest BCUT2D eigenvalue weighted by atomic mass is 16.5. The molecule has 0 radical (unpaired) electrons. The van der Waals surface area contributed by atoms with E-state index in [-0.39, 0.29) is 18.6 Å². The van der Waals surface area contributed by atoms with Crippen LogP contribution in [0.3, 0.4) is 0 Å². The molecule has 0 saturated carbocycles. The quantitative estimate of drug-likeness (QED) is 0.872. The largest absolute Gasteiger partial charge is 0.497 e. The highest BCUT2D eigenvalue weighted by Crippen LogP contribution is 2.34. The monoisotopic (exact) mass is 265 g/mol. The molecule has 0 aromatic heterocycles. The number of hydrogen-bond acceptors (Lipinski definition) is 4. The average molecular weight is 265 g/mol. The minimum atomic E-state index is -0.712. The van der Waals surface area contributed by atoms with Crippen LogP contribution < -0.4 is 9.64 Å². The zero-order valence-electron chi connectivity index (χ0n) is 11.8. The van der Waals surface area contributed by atoms with Crippen molar-refractivity contribution in [3.8, 4) is 5.75 Å². The molecule has 0 aliphatic carbocycles. The highest BCUT2D eigenvalue weighted by molar-refractivity contribution is 5.50. The summed E-state index contributed by atoms with van der Waals surface area (Å²) < 4.78 is 5.16. The molecular formula is C15H23NO3. The fraction of sp³-hybridized carbons (Fsp3) is 0.600. The van der Waals surface area contributed by atoms with Gasteiger partial charge in [-0.3, -0.25) is 0 Å². The van der Waals surface area contributed by atoms with Crippen molar-refractivity contribution in [3.05, 3.63) is 24.3 Å². The standard InChI is InChI=1S/C15H23NO3/c1-11-9-16(13(10-17)8-15(11,2)18)12-4-6-14(19-3)7-5-12/h4-7,11,13,17-18H,8-10H2,1-3H3/t11-,13-,15+/m0/s1. The molecular weight excluding hydrogens is 242 g/mol. The fourth-order valence-electron chi connectivity index (χ4n) is 2.68. The van der Waals surface area contributed by atoms with Gasteiger partial charge in [-0.2, -0.15) is 0 Å². The van der Waals surface area contributed by atoms with Gasteiger partial charge in [0, 0.05) is 18.2 Å². The third-order valence-electron chi connectivity index (χ3n) is 4.24. The highest BCUT2D eigenvalue weighted by Gasteiger charge is 2.40. The third kappa shape index (κ3) is 2.85. The SMILES string of the molecule is COc1ccc(N2C[C@H](C)[C@](C)(O)C[C@H]2CO)cc1. The van der Waals surface area contributed by atoms with Gasteiger partial charge in [-0.05, 0) is 37.6 Å². The van der Waals surface area contributed by atoms with E-state index in [0.29, 0.717) is 6.42 Å². The smallest absolute Gasteiger partial charge is 0.119 e. The van der Waals surface area contributed by atoms with E-state index in [0.717, 1.165) is 18.0 Å². The maximum Gasteiger partial charge on any atom is 0.119 e. The van der Waals surface area contributed by atoms with Crippen LogP contribution in [0.15, 0.2) is 24.3 Å². The van der Waals surface area contributed by atoms with Gasteiger partial charge in [0.15, 0.2) is 0 Å². The maximum atomic E-state index is 10.3. The lowest BCUT2D eigenvalue weighted by atomic mass is 9.80. The van der Waals surface area contributed by atoms with Crippen molar-refractivity contribution in [2.75, 3.05) is 25.2 Å². The number of benzene rings is 1. The molecule has 1 heterocycles. The summed E-state index contributed by atoms with van der Waals surface area (Å²) in [7, 11) is 1.64. The number of nitrogens with zero attached hydrogens (tertiary/aromatic N) is 1. The Kier molecular flexibility index (Phi) is 4.02. The van der Waals surface area contributed by atoms with Crippen LogP contribution in [0.5, 0.6) is 5.75 Å². The van der Waals surface area contributed by atoms with Gasteiger partial charge < -0.3 is 19.8 Å². The second kappa shape index (κ2) is 5.39. The zero-order chi connectivity index (χ0) is 14.0. The number of piperidine rings is 1. The molecule has 2 rings (SSSR count). The Labute approximate surface area is 114 Å². The molecule has 0 spiro atoms. The Morgan fingerprint density at radius 1 is 1.37 bits per heavy atom. The molecule has 1 aromatic rings. The Morgan fingerprint density at radius 3 is 2.53 bits per heavy atom. The average Bonchev–Trinajstić information content (AvgIpc) is 2.41. The molecule has 2 N–H and O–H groups in total. The van der Waals surface area contributed by atoms with Crippen molar-refractivity contribution in [2.24, 2.45) is 5.92 Å². The fourth-order valence-corrected chi connectivity index (χ4v) is 2.68. The molecule has 4 nitrogen and oxygen atoms in total. The molecule has 1 aliphatic rings. The van der Waals surface area contributed by atoms with E-state index in [2.05, 4.69) is 4.90 Å². The number of aliphatic hydroxyl groups is 2. The number of anilines is 1. The van der Waals surface area contributed by atoms with Crippen LogP contribution in [0, 0.1) is 5.92 Å². The molecule has 1 fully saturated rings. The number of rotatable bonds is 3. The summed E-state index contributed by atoms with van der Waals surface area (Å²) in [6.07, 6.45) is 0.580. The van der Waals surface area contributed by atoms with Crippen LogP contribution in [0.4, 0.5) is 5.69 Å². The minimum Gasteiger partial charge on any atom is -0.497 e. The van der Waals surface area contributed by atoms with Crippen molar-refractivity contribution in [3.63, 3.8) is 0 Å². The second-order valence-corrected chi connectivity index (χ2v) is 5.65. The lowest BCUT2D eigenvalue weighted by Crippen LogP contribution is -2.55. The first kappa shape index (κ1) is 14.2. The molecule has 1 aliphatic heterocycles. The molecule has 0 amide bonds. The summed E-state index contributed by atoms with van der Waals surface area (Å²) in [6.45, 7) is 4.69. The van der Waals surface area contributed by atoms with Crippen LogP contribution >= 0.6 is 0 Å². The lowest BCUT2D eigenvalue weighted by Gasteiger charge is -2.47. The predicted molar refractivity (Wildman–Crippen MR) is 75.6 cm³/mol. The van der Waals surface area contributed by atoms with Crippen LogP contribution in [-0.4, -0.2) is 42.1 Å². The van der Waals surface area contributed by atoms with Crippen molar-refractivity contribution in [1.82, 2.24) is 0 Å². The topological polar surface area (TPSA) is 52.9 Å². The Bertz CT molecular complexity index is 416. The van der Waals surface area contributed by atoms with Crippen LogP contribution in [-0.2, 0) is 0 Å². The van der Waals surface area contributed by atoms with Gasteiger partial charge in [0.25, 0.3) is 0 Å². The summed E-state index contributed by atoms with van der Waals surface area (Å²) in [5.74, 6) is 0.985. The lowest BCUT2D eigenvalue weighted by molar-refractivity contribution is -0.0276. The van der Waals surface area contributed by atoms with Crippen molar-refractivity contribution in [2.45, 2.75) is 31.9 Å². The number of hydrogen-bond donors (Lipinski definition) is 2. The van der Waals surface area contributed by atoms with Gasteiger partial charge in [0.1, 0.15) is 5.75 Å². The Morgan fingerprint density at radius 2 is 2.00 bits per heavy atom. The molecule has 4 heteroatoms. The summed E-state index contributed by atoms with van der Waals surface area (Å²) in [5, 5.41) is 19.9.